The molecule has 15 aromatic carbocycles. The lowest BCUT2D eigenvalue weighted by molar-refractivity contribution is 0.668. The van der Waals surface area contributed by atoms with Crippen molar-refractivity contribution < 1.29 is 8.83 Å². The summed E-state index contributed by atoms with van der Waals surface area (Å²) in [6, 6.07) is 126. The van der Waals surface area contributed by atoms with Crippen LogP contribution in [0.2, 0.25) is 0 Å². The second-order valence-corrected chi connectivity index (χ2v) is 27.9. The summed E-state index contributed by atoms with van der Waals surface area (Å²) in [4.78, 5) is 9.45. The number of hydrogen-bond donors (Lipinski definition) is 0. The Morgan fingerprint density at radius 3 is 1.00 bits per heavy atom. The summed E-state index contributed by atoms with van der Waals surface area (Å²) in [7, 11) is 0. The summed E-state index contributed by atoms with van der Waals surface area (Å²) in [5, 5.41) is 12.0. The molecule has 0 fully saturated rings. The van der Waals surface area contributed by atoms with Gasteiger partial charge in [0.05, 0.1) is 20.8 Å². The molecule has 5 aromatic heterocycles. The minimum Gasteiger partial charge on any atom is -0.456 e. The lowest BCUT2D eigenvalue weighted by Gasteiger charge is -2.26. The van der Waals surface area contributed by atoms with Gasteiger partial charge in [-0.05, 0) is 176 Å². The van der Waals surface area contributed by atoms with Crippen LogP contribution in [0.25, 0.3) is 104 Å². The fourth-order valence-electron chi connectivity index (χ4n) is 14.4. The SMILES string of the molecule is c1ccc(N(c2ccc3sc4ccccc4c3c2)c2ccc3sc4c(N(c5ccccc5)c5ccccc5)cccc4c3c2)cc1.c1ccc(N(c2ccccc2)c2ccc3sc4c(N(c5ccc6c(c5)oc5ccccc56)c5ccc6oc7ccccc7c6c5)cccc4c3c2)cc1. The minimum atomic E-state index is 0.860. The van der Waals surface area contributed by atoms with Crippen LogP contribution in [0.5, 0.6) is 0 Å². The number of benzene rings is 15. The molecular formula is C90H58N4O2S3. The molecule has 0 N–H and O–H groups in total. The van der Waals surface area contributed by atoms with Crippen LogP contribution in [0.4, 0.5) is 68.2 Å². The van der Waals surface area contributed by atoms with Crippen molar-refractivity contribution >= 4 is 207 Å². The summed E-state index contributed by atoms with van der Waals surface area (Å²) >= 11 is 5.55. The van der Waals surface area contributed by atoms with Crippen molar-refractivity contribution in [1.29, 1.82) is 0 Å². The van der Waals surface area contributed by atoms with E-state index in [1.54, 1.807) is 0 Å². The molecule has 9 heteroatoms. The second kappa shape index (κ2) is 24.4. The Labute approximate surface area is 582 Å². The molecule has 0 spiro atoms. The van der Waals surface area contributed by atoms with Gasteiger partial charge >= 0.3 is 0 Å². The van der Waals surface area contributed by atoms with Gasteiger partial charge in [0.15, 0.2) is 0 Å². The highest BCUT2D eigenvalue weighted by Crippen LogP contribution is 2.51. The summed E-state index contributed by atoms with van der Waals surface area (Å²) in [5.41, 5.74) is 16.9. The van der Waals surface area contributed by atoms with Gasteiger partial charge in [0, 0.05) is 136 Å². The molecule has 0 radical (unpaired) electrons. The smallest absolute Gasteiger partial charge is 0.137 e. The Hall–Kier alpha value is -12.2. The first-order valence-corrected chi connectivity index (χ1v) is 35.6. The number of rotatable bonds is 12. The Morgan fingerprint density at radius 2 is 0.485 bits per heavy atom. The zero-order chi connectivity index (χ0) is 65.3. The van der Waals surface area contributed by atoms with E-state index in [2.05, 4.69) is 347 Å². The first-order valence-electron chi connectivity index (χ1n) is 33.2. The summed E-state index contributed by atoms with van der Waals surface area (Å²) in [6.07, 6.45) is 0. The average molecular weight is 1320 g/mol. The van der Waals surface area contributed by atoms with Crippen molar-refractivity contribution in [3.8, 4) is 0 Å². The molecule has 0 saturated heterocycles. The number of thiophene rings is 3. The summed E-state index contributed by atoms with van der Waals surface area (Å²) < 4.78 is 20.3. The molecule has 5 heterocycles. The van der Waals surface area contributed by atoms with Crippen LogP contribution < -0.4 is 19.6 Å². The standard InChI is InChI=1S/C48H30N2O2S.C42H28N2S2/c1-3-12-31(13-4-1)49(32-14-5-2-6-15-32)33-24-27-47-41(29-33)39-18-11-19-42(48(39)53-47)50(34-23-26-45-40(28-34)37-17-8-10-21-44(37)51-45)35-22-25-38-36-16-7-9-20-43(36)52-46(38)30-35;1-4-13-29(14-5-1)43(32-23-25-40-36(27-32)34-19-10-11-22-39(34)45-40)33-24-26-41-37(28-33)35-20-12-21-38(42(35)46-41)44(30-15-6-2-7-16-30)31-17-8-3-9-18-31/h1-30H;1-28H. The highest BCUT2D eigenvalue weighted by Gasteiger charge is 2.24. The van der Waals surface area contributed by atoms with Crippen LogP contribution in [-0.2, 0) is 0 Å². The molecule has 0 bridgehead atoms. The van der Waals surface area contributed by atoms with Crippen molar-refractivity contribution in [3.05, 3.63) is 352 Å². The molecule has 0 atom stereocenters. The summed E-state index contributed by atoms with van der Waals surface area (Å²) in [6.45, 7) is 0. The minimum absolute atomic E-state index is 0.860. The number of hydrogen-bond acceptors (Lipinski definition) is 9. The Balaban J connectivity index is 0.000000140. The Kier molecular flexibility index (Phi) is 14.4. The van der Waals surface area contributed by atoms with Gasteiger partial charge in [0.1, 0.15) is 22.3 Å². The molecule has 468 valence electrons. The van der Waals surface area contributed by atoms with Crippen molar-refractivity contribution in [2.75, 3.05) is 19.6 Å². The molecule has 0 unspecified atom stereocenters. The molecule has 0 saturated carbocycles. The molecule has 0 aliphatic carbocycles. The zero-order valence-corrected chi connectivity index (χ0v) is 55.8. The van der Waals surface area contributed by atoms with Gasteiger partial charge in [-0.1, -0.05) is 170 Å². The highest BCUT2D eigenvalue weighted by atomic mass is 32.1. The largest absolute Gasteiger partial charge is 0.456 e. The average Bonchev–Trinajstić information content (AvgIpc) is 1.63. The molecule has 0 aliphatic rings. The quantitative estimate of drug-likeness (QED) is 0.121. The van der Waals surface area contributed by atoms with Crippen LogP contribution in [0, 0.1) is 0 Å². The number of fused-ring (bicyclic) bond motifs is 15. The molecule has 6 nitrogen and oxygen atoms in total. The van der Waals surface area contributed by atoms with E-state index in [-0.39, 0.29) is 0 Å². The van der Waals surface area contributed by atoms with Crippen molar-refractivity contribution in [1.82, 2.24) is 0 Å². The maximum Gasteiger partial charge on any atom is 0.137 e. The van der Waals surface area contributed by atoms with Gasteiger partial charge in [-0.3, -0.25) is 0 Å². The predicted molar refractivity (Wildman–Crippen MR) is 425 cm³/mol. The maximum atomic E-state index is 6.43. The van der Waals surface area contributed by atoms with E-state index in [0.717, 1.165) is 106 Å². The monoisotopic (exact) mass is 1320 g/mol. The van der Waals surface area contributed by atoms with Gasteiger partial charge < -0.3 is 28.4 Å². The maximum absolute atomic E-state index is 6.43. The lowest BCUT2D eigenvalue weighted by atomic mass is 10.1. The van der Waals surface area contributed by atoms with Crippen molar-refractivity contribution in [2.24, 2.45) is 0 Å². The molecule has 20 rings (SSSR count). The normalized spacial score (nSPS) is 11.6. The Morgan fingerprint density at radius 1 is 0.172 bits per heavy atom. The van der Waals surface area contributed by atoms with E-state index in [1.165, 1.54) is 66.2 Å². The molecule has 99 heavy (non-hydrogen) atoms. The fraction of sp³-hybridized carbons (Fsp3) is 0. The van der Waals surface area contributed by atoms with Crippen LogP contribution >= 0.6 is 34.0 Å². The fourth-order valence-corrected chi connectivity index (χ4v) is 17.8. The molecule has 20 aromatic rings. The van der Waals surface area contributed by atoms with Gasteiger partial charge in [0.2, 0.25) is 0 Å². The number of para-hydroxylation sites is 7. The summed E-state index contributed by atoms with van der Waals surface area (Å²) in [5.74, 6) is 0. The molecule has 0 aliphatic heterocycles. The first-order chi connectivity index (χ1) is 49.1. The van der Waals surface area contributed by atoms with Crippen molar-refractivity contribution in [2.45, 2.75) is 0 Å². The van der Waals surface area contributed by atoms with Crippen LogP contribution in [0.1, 0.15) is 0 Å². The van der Waals surface area contributed by atoms with Crippen LogP contribution in [0.3, 0.4) is 0 Å². The number of anilines is 12. The van der Waals surface area contributed by atoms with Gasteiger partial charge in [-0.25, -0.2) is 0 Å². The number of nitrogens with zero attached hydrogens (tertiary/aromatic N) is 4. The molecule has 0 amide bonds. The van der Waals surface area contributed by atoms with Gasteiger partial charge in [-0.2, -0.15) is 0 Å². The van der Waals surface area contributed by atoms with E-state index in [4.69, 9.17) is 8.83 Å². The lowest BCUT2D eigenvalue weighted by Crippen LogP contribution is -2.10. The van der Waals surface area contributed by atoms with E-state index in [9.17, 15) is 0 Å². The zero-order valence-electron chi connectivity index (χ0n) is 53.3. The second-order valence-electron chi connectivity index (χ2n) is 24.7. The van der Waals surface area contributed by atoms with Crippen LogP contribution in [-0.4, -0.2) is 0 Å². The van der Waals surface area contributed by atoms with Crippen molar-refractivity contribution in [3.63, 3.8) is 0 Å². The third kappa shape index (κ3) is 10.3. The van der Waals surface area contributed by atoms with Gasteiger partial charge in [-0.15, -0.1) is 34.0 Å². The third-order valence-electron chi connectivity index (χ3n) is 18.8. The topological polar surface area (TPSA) is 39.2 Å². The Bertz CT molecular complexity index is 6320. The predicted octanol–water partition coefficient (Wildman–Crippen LogP) is 28.2. The third-order valence-corrected chi connectivity index (χ3v) is 22.4. The highest BCUT2D eigenvalue weighted by molar-refractivity contribution is 7.27. The van der Waals surface area contributed by atoms with E-state index in [0.29, 0.717) is 0 Å². The first kappa shape index (κ1) is 58.1. The van der Waals surface area contributed by atoms with E-state index < -0.39 is 0 Å². The molecular weight excluding hydrogens is 1270 g/mol. The van der Waals surface area contributed by atoms with Crippen LogP contribution in [0.15, 0.2) is 361 Å². The van der Waals surface area contributed by atoms with E-state index >= 15 is 0 Å². The number of furan rings is 2. The van der Waals surface area contributed by atoms with E-state index in [1.807, 2.05) is 58.3 Å². The van der Waals surface area contributed by atoms with Gasteiger partial charge in [0.25, 0.3) is 0 Å².